The summed E-state index contributed by atoms with van der Waals surface area (Å²) >= 11 is 4.44. The van der Waals surface area contributed by atoms with E-state index in [1.165, 1.54) is 11.8 Å². The molecular formula is C28H36Cl2Fe2N2Pd2. The van der Waals surface area contributed by atoms with Gasteiger partial charge in [-0.05, 0) is 104 Å². The molecule has 0 amide bonds. The topological polar surface area (TPSA) is 6.48 Å². The van der Waals surface area contributed by atoms with Gasteiger partial charge in [-0.25, -0.2) is 12.8 Å². The second-order valence-corrected chi connectivity index (χ2v) is 7.45. The third kappa shape index (κ3) is 25.8. The Morgan fingerprint density at radius 3 is 0.889 bits per heavy atom. The summed E-state index contributed by atoms with van der Waals surface area (Å²) in [5.41, 5.74) is 0. The van der Waals surface area contributed by atoms with Crippen molar-refractivity contribution >= 4 is 19.1 Å². The molecule has 0 unspecified atom stereocenters. The molecule has 36 heavy (non-hydrogen) atoms. The smallest absolute Gasteiger partial charge is 0 e. The molecule has 20 radical (unpaired) electrons. The first-order valence-electron chi connectivity index (χ1n) is 10.6. The van der Waals surface area contributed by atoms with E-state index in [4.69, 9.17) is 0 Å². The Morgan fingerprint density at radius 1 is 0.528 bits per heavy atom. The van der Waals surface area contributed by atoms with Crippen molar-refractivity contribution in [2.75, 3.05) is 28.2 Å². The Bertz CT molecular complexity index is 341. The van der Waals surface area contributed by atoms with Crippen molar-refractivity contribution in [3.63, 3.8) is 0 Å². The number of nitrogens with zero attached hydrogens (tertiary/aromatic N) is 2. The van der Waals surface area contributed by atoms with Gasteiger partial charge in [0.05, 0.1) is 0 Å². The van der Waals surface area contributed by atoms with E-state index >= 15 is 0 Å². The van der Waals surface area contributed by atoms with Crippen molar-refractivity contribution in [3.05, 3.63) is 127 Å². The van der Waals surface area contributed by atoms with Gasteiger partial charge >= 0.3 is 55.4 Å². The average Bonchev–Trinajstić information content (AvgIpc) is 3.69. The maximum atomic E-state index is 4.49. The minimum atomic E-state index is 0. The number of hydrogen-bond donors (Lipinski definition) is 0. The molecule has 8 heteroatoms. The summed E-state index contributed by atoms with van der Waals surface area (Å²) < 4.78 is 0. The van der Waals surface area contributed by atoms with Gasteiger partial charge in [0.2, 0.25) is 0 Å². The van der Waals surface area contributed by atoms with Crippen molar-refractivity contribution in [3.8, 4) is 0 Å². The van der Waals surface area contributed by atoms with Crippen molar-refractivity contribution in [2.24, 2.45) is 0 Å². The maximum Gasteiger partial charge on any atom is 0 e. The predicted molar refractivity (Wildman–Crippen MR) is 140 cm³/mol. The minimum absolute atomic E-state index is 0. The first kappa shape index (κ1) is 45.8. The summed E-state index contributed by atoms with van der Waals surface area (Å²) in [7, 11) is 17.3. The van der Waals surface area contributed by atoms with Gasteiger partial charge in [0.1, 0.15) is 0 Å². The van der Waals surface area contributed by atoms with Gasteiger partial charge < -0.3 is 22.6 Å². The SMILES string of the molecule is C[C@H]([C]1[C-][CH][CH][CH]1)N(C)C.C[C@H]([C]1[C-][CH][CH][CH]1)N(C)C.[CH]1[CH][CH][CH][CH]1.[CH]1[CH][CH][CH][CH]1.[Cl][Pd+].[Cl][Pd+].[Fe].[Fe]. The molecule has 2 nitrogen and oxygen atoms in total. The Labute approximate surface area is 278 Å². The summed E-state index contributed by atoms with van der Waals surface area (Å²) in [5.74, 6) is 2.54. The molecule has 208 valence electrons. The van der Waals surface area contributed by atoms with Crippen LogP contribution in [-0.2, 0) is 70.5 Å². The van der Waals surface area contributed by atoms with Crippen molar-refractivity contribution in [1.29, 1.82) is 0 Å². The van der Waals surface area contributed by atoms with E-state index in [-0.39, 0.29) is 34.1 Å². The van der Waals surface area contributed by atoms with Crippen LogP contribution in [0.5, 0.6) is 0 Å². The van der Waals surface area contributed by atoms with E-state index in [2.05, 4.69) is 133 Å². The van der Waals surface area contributed by atoms with E-state index in [0.29, 0.717) is 12.1 Å². The normalized spacial score (nSPS) is 20.4. The van der Waals surface area contributed by atoms with Gasteiger partial charge in [-0.15, -0.1) is 0 Å². The first-order valence-corrected chi connectivity index (χ1v) is 14.6. The largest absolute Gasteiger partial charge is 0 e. The Kier molecular flexibility index (Phi) is 43.4. The van der Waals surface area contributed by atoms with E-state index in [9.17, 15) is 0 Å². The number of rotatable bonds is 4. The van der Waals surface area contributed by atoms with Crippen LogP contribution in [0.3, 0.4) is 0 Å². The molecule has 0 aliphatic heterocycles. The van der Waals surface area contributed by atoms with Crippen LogP contribution >= 0.6 is 19.1 Å². The molecule has 4 rings (SSSR count). The number of halogens is 2. The third-order valence-electron chi connectivity index (χ3n) is 4.80. The molecule has 0 bridgehead atoms. The Hall–Kier alpha value is 2.86. The molecular weight excluding hydrogens is 760 g/mol. The minimum Gasteiger partial charge on any atom is 0 e. The summed E-state index contributed by atoms with van der Waals surface area (Å²) in [6.45, 7) is 4.34. The zero-order chi connectivity index (χ0) is 26.2. The van der Waals surface area contributed by atoms with Gasteiger partial charge in [-0.1, -0.05) is 39.5 Å². The van der Waals surface area contributed by atoms with Crippen molar-refractivity contribution < 1.29 is 70.5 Å². The fourth-order valence-corrected chi connectivity index (χ4v) is 2.41. The van der Waals surface area contributed by atoms with Crippen LogP contribution < -0.4 is 0 Å². The molecule has 4 aliphatic carbocycles. The fourth-order valence-electron chi connectivity index (χ4n) is 2.41. The fraction of sp³-hybridized carbons (Fsp3) is 0.286. The molecule has 2 atom stereocenters. The van der Waals surface area contributed by atoms with E-state index in [1.54, 1.807) is 0 Å². The van der Waals surface area contributed by atoms with Gasteiger partial charge in [-0.2, -0.15) is 11.8 Å². The molecule has 0 N–H and O–H groups in total. The molecule has 4 saturated carbocycles. The second kappa shape index (κ2) is 34.1. The summed E-state index contributed by atoms with van der Waals surface area (Å²) in [5, 5.41) is 0. The van der Waals surface area contributed by atoms with E-state index in [0.717, 1.165) is 0 Å². The van der Waals surface area contributed by atoms with Gasteiger partial charge in [0.15, 0.2) is 0 Å². The second-order valence-electron chi connectivity index (χ2n) is 7.45. The maximum absolute atomic E-state index is 4.49. The molecule has 0 saturated heterocycles. The van der Waals surface area contributed by atoms with Crippen LogP contribution in [0.15, 0.2) is 0 Å². The molecule has 0 heterocycles. The quantitative estimate of drug-likeness (QED) is 0.261. The molecule has 0 aromatic heterocycles. The van der Waals surface area contributed by atoms with Crippen LogP contribution in [0.4, 0.5) is 0 Å². The van der Waals surface area contributed by atoms with Crippen LogP contribution in [0.2, 0.25) is 0 Å². The average molecular weight is 796 g/mol. The Balaban J connectivity index is -0.000000184. The molecule has 4 aliphatic rings. The van der Waals surface area contributed by atoms with Gasteiger partial charge in [-0.3, -0.25) is 0 Å². The van der Waals surface area contributed by atoms with Crippen LogP contribution in [0.1, 0.15) is 13.8 Å². The van der Waals surface area contributed by atoms with Crippen LogP contribution in [0.25, 0.3) is 0 Å². The summed E-state index contributed by atoms with van der Waals surface area (Å²) in [6.07, 6.45) is 38.5. The first-order chi connectivity index (χ1) is 16.4. The van der Waals surface area contributed by atoms with Crippen molar-refractivity contribution in [2.45, 2.75) is 25.9 Å². The van der Waals surface area contributed by atoms with Gasteiger partial charge in [0, 0.05) is 34.1 Å². The third-order valence-corrected chi connectivity index (χ3v) is 4.80. The predicted octanol–water partition coefficient (Wildman–Crippen LogP) is 5.85. The summed E-state index contributed by atoms with van der Waals surface area (Å²) in [4.78, 5) is 4.34. The molecule has 0 aromatic rings. The van der Waals surface area contributed by atoms with Crippen molar-refractivity contribution in [1.82, 2.24) is 9.80 Å². The van der Waals surface area contributed by atoms with E-state index in [1.807, 2.05) is 89.9 Å². The molecule has 0 spiro atoms. The monoisotopic (exact) mass is 794 g/mol. The zero-order valence-corrected chi connectivity index (χ0v) is 28.2. The number of hydrogen-bond acceptors (Lipinski definition) is 2. The van der Waals surface area contributed by atoms with E-state index < -0.39 is 0 Å². The summed E-state index contributed by atoms with van der Waals surface area (Å²) in [6, 6.07) is 0.963. The molecule has 0 aromatic carbocycles. The Morgan fingerprint density at radius 2 is 0.750 bits per heavy atom. The van der Waals surface area contributed by atoms with Crippen LogP contribution in [0, 0.1) is 127 Å². The standard InChI is InChI=1S/2C9H13N.2C5H5.2ClH.2Fe.2Pd/c2*1-8(10(2)3)9-6-4-5-7-9;2*1-2-4-5-3-1;;;;;;/h2*4-6,8H,1-3H3;2*1-5H;2*1H;;;;/q2*-1;;;;;;;2*+2/p-2/t2*8-;;;;;;;;/m11......../s1. The van der Waals surface area contributed by atoms with Gasteiger partial charge in [0.25, 0.3) is 0 Å². The molecule has 4 fully saturated rings. The van der Waals surface area contributed by atoms with Crippen LogP contribution in [-0.4, -0.2) is 50.1 Å². The zero-order valence-electron chi connectivity index (χ0n) is 21.4.